The Balaban J connectivity index is 1.81. The molecular formula is C13H16Cl2N6O. The molecule has 0 radical (unpaired) electrons. The van der Waals surface area contributed by atoms with Gasteiger partial charge in [0.1, 0.15) is 5.52 Å². The van der Waals surface area contributed by atoms with Gasteiger partial charge in [0.25, 0.3) is 0 Å². The minimum atomic E-state index is 0.0438. The van der Waals surface area contributed by atoms with Gasteiger partial charge in [-0.1, -0.05) is 11.6 Å². The van der Waals surface area contributed by atoms with Gasteiger partial charge in [-0.3, -0.25) is 0 Å². The van der Waals surface area contributed by atoms with Crippen LogP contribution in [0.5, 0.6) is 0 Å². The number of nitrogens with zero attached hydrogens (tertiary/aromatic N) is 6. The van der Waals surface area contributed by atoms with E-state index in [9.17, 15) is 4.79 Å². The molecule has 9 heteroatoms. The summed E-state index contributed by atoms with van der Waals surface area (Å²) < 4.78 is 1.98. The molecule has 0 aromatic carbocycles. The Labute approximate surface area is 137 Å². The summed E-state index contributed by atoms with van der Waals surface area (Å²) in [6.07, 6.45) is 3.39. The number of urea groups is 1. The van der Waals surface area contributed by atoms with Gasteiger partial charge in [-0.25, -0.2) is 14.8 Å². The van der Waals surface area contributed by atoms with Crippen LogP contribution in [0.1, 0.15) is 18.9 Å². The monoisotopic (exact) mass is 342 g/mol. The quantitative estimate of drug-likeness (QED) is 0.589. The lowest BCUT2D eigenvalue weighted by Gasteiger charge is -2.34. The zero-order chi connectivity index (χ0) is 15.9. The Kier molecular flexibility index (Phi) is 4.10. The number of halogens is 2. The Morgan fingerprint density at radius 1 is 1.27 bits per heavy atom. The van der Waals surface area contributed by atoms with E-state index in [2.05, 4.69) is 15.0 Å². The first kappa shape index (κ1) is 15.3. The Bertz CT molecular complexity index is 708. The van der Waals surface area contributed by atoms with Crippen molar-refractivity contribution in [3.05, 3.63) is 16.8 Å². The lowest BCUT2D eigenvalue weighted by Crippen LogP contribution is -2.44. The van der Waals surface area contributed by atoms with Gasteiger partial charge in [0.05, 0.1) is 6.33 Å². The number of hydrogen-bond acceptors (Lipinski definition) is 4. The number of aromatic nitrogens is 4. The van der Waals surface area contributed by atoms with Crippen LogP contribution in [-0.2, 0) is 0 Å². The number of carbonyl (C=O) groups is 1. The molecule has 2 aromatic rings. The zero-order valence-electron chi connectivity index (χ0n) is 12.3. The van der Waals surface area contributed by atoms with Crippen molar-refractivity contribution >= 4 is 40.4 Å². The van der Waals surface area contributed by atoms with Gasteiger partial charge < -0.3 is 14.4 Å². The smallest absolute Gasteiger partial charge is 0.319 e. The summed E-state index contributed by atoms with van der Waals surface area (Å²) in [6.45, 7) is 1.40. The maximum atomic E-state index is 12.0. The predicted molar refractivity (Wildman–Crippen MR) is 84.3 cm³/mol. The largest absolute Gasteiger partial charge is 0.331 e. The Morgan fingerprint density at radius 2 is 1.95 bits per heavy atom. The number of piperidine rings is 1. The fraction of sp³-hybridized carbons (Fsp3) is 0.538. The normalized spacial score (nSPS) is 16.3. The molecule has 2 aromatic heterocycles. The van der Waals surface area contributed by atoms with Crippen LogP contribution in [0.15, 0.2) is 6.33 Å². The van der Waals surface area contributed by atoms with Gasteiger partial charge >= 0.3 is 6.03 Å². The minimum absolute atomic E-state index is 0.0438. The highest BCUT2D eigenvalue weighted by Gasteiger charge is 2.26. The SMILES string of the molecule is CN(C)C(=O)N1CCC(n2cnc3c(Cl)nc(Cl)nc32)CC1. The molecule has 0 unspecified atom stereocenters. The average Bonchev–Trinajstić information content (AvgIpc) is 2.90. The van der Waals surface area contributed by atoms with Crippen molar-refractivity contribution in [3.63, 3.8) is 0 Å². The highest BCUT2D eigenvalue weighted by atomic mass is 35.5. The fourth-order valence-electron chi connectivity index (χ4n) is 2.74. The number of fused-ring (bicyclic) bond motifs is 1. The van der Waals surface area contributed by atoms with Crippen LogP contribution < -0.4 is 0 Å². The number of imidazole rings is 1. The maximum absolute atomic E-state index is 12.0. The molecule has 0 atom stereocenters. The van der Waals surface area contributed by atoms with Crippen LogP contribution in [0.2, 0.25) is 10.4 Å². The van der Waals surface area contributed by atoms with Gasteiger partial charge in [0, 0.05) is 33.2 Å². The molecule has 1 saturated heterocycles. The third kappa shape index (κ3) is 2.70. The minimum Gasteiger partial charge on any atom is -0.331 e. The fourth-order valence-corrected chi connectivity index (χ4v) is 3.16. The van der Waals surface area contributed by atoms with Crippen molar-refractivity contribution in [1.82, 2.24) is 29.3 Å². The van der Waals surface area contributed by atoms with Crippen molar-refractivity contribution in [3.8, 4) is 0 Å². The Morgan fingerprint density at radius 3 is 2.59 bits per heavy atom. The van der Waals surface area contributed by atoms with Crippen LogP contribution in [0.25, 0.3) is 11.2 Å². The molecule has 1 aliphatic rings. The summed E-state index contributed by atoms with van der Waals surface area (Å²) in [6, 6.07) is 0.264. The number of hydrogen-bond donors (Lipinski definition) is 0. The molecule has 0 spiro atoms. The zero-order valence-corrected chi connectivity index (χ0v) is 13.8. The van der Waals surface area contributed by atoms with E-state index in [4.69, 9.17) is 23.2 Å². The second kappa shape index (κ2) is 5.89. The van der Waals surface area contributed by atoms with Gasteiger partial charge in [-0.2, -0.15) is 4.98 Å². The van der Waals surface area contributed by atoms with E-state index in [1.54, 1.807) is 25.3 Å². The van der Waals surface area contributed by atoms with Crippen molar-refractivity contribution in [2.75, 3.05) is 27.2 Å². The summed E-state index contributed by atoms with van der Waals surface area (Å²) in [7, 11) is 3.53. The summed E-state index contributed by atoms with van der Waals surface area (Å²) in [5, 5.41) is 0.369. The molecule has 0 bridgehead atoms. The molecule has 118 valence electrons. The second-order valence-corrected chi connectivity index (χ2v) is 6.20. The molecule has 2 amide bonds. The second-order valence-electron chi connectivity index (χ2n) is 5.50. The van der Waals surface area contributed by atoms with E-state index < -0.39 is 0 Å². The molecule has 0 N–H and O–H groups in total. The van der Waals surface area contributed by atoms with Crippen LogP contribution in [-0.4, -0.2) is 62.5 Å². The lowest BCUT2D eigenvalue weighted by atomic mass is 10.1. The first-order valence-corrected chi connectivity index (χ1v) is 7.74. The molecule has 0 aliphatic carbocycles. The van der Waals surface area contributed by atoms with Crippen LogP contribution in [0, 0.1) is 0 Å². The van der Waals surface area contributed by atoms with E-state index in [-0.39, 0.29) is 22.5 Å². The molecule has 3 heterocycles. The van der Waals surface area contributed by atoms with Crippen molar-refractivity contribution in [2.24, 2.45) is 0 Å². The number of amides is 2. The molecular weight excluding hydrogens is 327 g/mol. The number of carbonyl (C=O) groups excluding carboxylic acids is 1. The average molecular weight is 343 g/mol. The van der Waals surface area contributed by atoms with Crippen LogP contribution >= 0.6 is 23.2 Å². The molecule has 7 nitrogen and oxygen atoms in total. The molecule has 1 aliphatic heterocycles. The van der Waals surface area contributed by atoms with Gasteiger partial charge in [-0.05, 0) is 24.4 Å². The number of likely N-dealkylation sites (tertiary alicyclic amines) is 1. The standard InChI is InChI=1S/C13H16Cl2N6O/c1-19(2)13(22)20-5-3-8(4-6-20)21-7-16-9-10(14)17-12(15)18-11(9)21/h7-8H,3-6H2,1-2H3. The lowest BCUT2D eigenvalue weighted by molar-refractivity contribution is 0.149. The van der Waals surface area contributed by atoms with E-state index in [1.807, 2.05) is 9.47 Å². The van der Waals surface area contributed by atoms with Crippen molar-refractivity contribution in [1.29, 1.82) is 0 Å². The van der Waals surface area contributed by atoms with Crippen molar-refractivity contribution < 1.29 is 4.79 Å². The van der Waals surface area contributed by atoms with E-state index in [0.717, 1.165) is 12.8 Å². The van der Waals surface area contributed by atoms with Gasteiger partial charge in [-0.15, -0.1) is 0 Å². The van der Waals surface area contributed by atoms with Crippen LogP contribution in [0.3, 0.4) is 0 Å². The first-order valence-electron chi connectivity index (χ1n) is 6.99. The van der Waals surface area contributed by atoms with Crippen molar-refractivity contribution in [2.45, 2.75) is 18.9 Å². The topological polar surface area (TPSA) is 67.2 Å². The highest BCUT2D eigenvalue weighted by molar-refractivity contribution is 6.35. The van der Waals surface area contributed by atoms with E-state index in [0.29, 0.717) is 24.3 Å². The molecule has 3 rings (SSSR count). The van der Waals surface area contributed by atoms with E-state index in [1.165, 1.54) is 0 Å². The highest BCUT2D eigenvalue weighted by Crippen LogP contribution is 2.28. The molecule has 22 heavy (non-hydrogen) atoms. The maximum Gasteiger partial charge on any atom is 0.319 e. The van der Waals surface area contributed by atoms with Gasteiger partial charge in [0.15, 0.2) is 10.8 Å². The number of rotatable bonds is 1. The third-order valence-corrected chi connectivity index (χ3v) is 4.30. The van der Waals surface area contributed by atoms with E-state index >= 15 is 0 Å². The Hall–Kier alpha value is -1.60. The predicted octanol–water partition coefficient (Wildman–Crippen LogP) is 2.45. The molecule has 0 saturated carbocycles. The summed E-state index contributed by atoms with van der Waals surface area (Å²) >= 11 is 11.9. The van der Waals surface area contributed by atoms with Crippen LogP contribution in [0.4, 0.5) is 4.79 Å². The van der Waals surface area contributed by atoms with Gasteiger partial charge in [0.2, 0.25) is 5.28 Å². The third-order valence-electron chi connectivity index (χ3n) is 3.86. The summed E-state index contributed by atoms with van der Waals surface area (Å²) in [4.78, 5) is 27.8. The summed E-state index contributed by atoms with van der Waals surface area (Å²) in [5.74, 6) is 0. The summed E-state index contributed by atoms with van der Waals surface area (Å²) in [5.41, 5.74) is 1.19. The first-order chi connectivity index (χ1) is 10.5. The molecule has 1 fully saturated rings.